The van der Waals surface area contributed by atoms with Crippen LogP contribution in [0.25, 0.3) is 0 Å². The number of fused-ring (bicyclic) bond motifs is 1. The predicted molar refractivity (Wildman–Crippen MR) is 91.2 cm³/mol. The summed E-state index contributed by atoms with van der Waals surface area (Å²) in [7, 11) is 0. The van der Waals surface area contributed by atoms with Crippen LogP contribution in [0, 0.1) is 0 Å². The minimum absolute atomic E-state index is 0.298. The van der Waals surface area contributed by atoms with Crippen LogP contribution in [0.3, 0.4) is 0 Å². The van der Waals surface area contributed by atoms with Crippen LogP contribution >= 0.6 is 0 Å². The molecule has 0 aromatic heterocycles. The maximum absolute atomic E-state index is 6.07. The molecule has 3 heteroatoms. The number of ether oxygens (including phenoxy) is 3. The van der Waals surface area contributed by atoms with Crippen molar-refractivity contribution in [3.63, 3.8) is 0 Å². The average Bonchev–Trinajstić information content (AvgIpc) is 3.04. The Hall–Kier alpha value is -2.16. The van der Waals surface area contributed by atoms with Gasteiger partial charge < -0.3 is 14.2 Å². The molecule has 0 aliphatic carbocycles. The highest BCUT2D eigenvalue weighted by molar-refractivity contribution is 5.52. The van der Waals surface area contributed by atoms with E-state index in [-0.39, 0.29) is 0 Å². The topological polar surface area (TPSA) is 27.7 Å². The monoisotopic (exact) mass is 312 g/mol. The van der Waals surface area contributed by atoms with Crippen LogP contribution in [0.15, 0.2) is 42.5 Å². The van der Waals surface area contributed by atoms with E-state index in [4.69, 9.17) is 14.2 Å². The molecule has 0 atom stereocenters. The first-order valence-electron chi connectivity index (χ1n) is 8.46. The molecule has 0 saturated carbocycles. The number of hydrogen-bond donors (Lipinski definition) is 0. The molecule has 0 unspecified atom stereocenters. The quantitative estimate of drug-likeness (QED) is 0.633. The summed E-state index contributed by atoms with van der Waals surface area (Å²) in [6.07, 6.45) is 5.97. The van der Waals surface area contributed by atoms with E-state index < -0.39 is 0 Å². The normalized spacial score (nSPS) is 12.4. The summed E-state index contributed by atoms with van der Waals surface area (Å²) in [6, 6.07) is 14.3. The second-order valence-electron chi connectivity index (χ2n) is 5.90. The fourth-order valence-electron chi connectivity index (χ4n) is 2.77. The van der Waals surface area contributed by atoms with Gasteiger partial charge in [-0.15, -0.1) is 0 Å². The van der Waals surface area contributed by atoms with Crippen molar-refractivity contribution in [3.05, 3.63) is 53.6 Å². The third-order valence-electron chi connectivity index (χ3n) is 4.09. The minimum Gasteiger partial charge on any atom is -0.488 e. The van der Waals surface area contributed by atoms with Crippen molar-refractivity contribution in [1.29, 1.82) is 0 Å². The van der Waals surface area contributed by atoms with Gasteiger partial charge in [-0.25, -0.2) is 0 Å². The second-order valence-corrected chi connectivity index (χ2v) is 5.90. The van der Waals surface area contributed by atoms with Crippen molar-refractivity contribution >= 4 is 0 Å². The molecular formula is C20H24O3. The molecule has 0 bridgehead atoms. The van der Waals surface area contributed by atoms with Gasteiger partial charge in [-0.2, -0.15) is 0 Å². The molecule has 3 nitrogen and oxygen atoms in total. The van der Waals surface area contributed by atoms with E-state index in [1.165, 1.54) is 36.8 Å². The molecular weight excluding hydrogens is 288 g/mol. The van der Waals surface area contributed by atoms with Crippen LogP contribution in [0.5, 0.6) is 17.2 Å². The SMILES string of the molecule is CCCCCCc1cc2c(cc1OCc1ccccc1)OCO2. The van der Waals surface area contributed by atoms with Crippen molar-refractivity contribution < 1.29 is 14.2 Å². The lowest BCUT2D eigenvalue weighted by atomic mass is 10.0. The van der Waals surface area contributed by atoms with Gasteiger partial charge in [0.25, 0.3) is 0 Å². The van der Waals surface area contributed by atoms with Crippen LogP contribution in [-0.2, 0) is 13.0 Å². The molecule has 2 aromatic rings. The first-order chi connectivity index (χ1) is 11.4. The lowest BCUT2D eigenvalue weighted by molar-refractivity contribution is 0.173. The maximum atomic E-state index is 6.07. The van der Waals surface area contributed by atoms with Gasteiger partial charge in [-0.3, -0.25) is 0 Å². The number of unbranched alkanes of at least 4 members (excludes halogenated alkanes) is 3. The van der Waals surface area contributed by atoms with Crippen LogP contribution in [0.4, 0.5) is 0 Å². The Labute approximate surface area is 138 Å². The summed E-state index contributed by atoms with van der Waals surface area (Å²) in [4.78, 5) is 0. The maximum Gasteiger partial charge on any atom is 0.231 e. The highest BCUT2D eigenvalue weighted by Gasteiger charge is 2.18. The molecule has 0 amide bonds. The zero-order chi connectivity index (χ0) is 15.9. The first-order valence-corrected chi connectivity index (χ1v) is 8.46. The van der Waals surface area contributed by atoms with Crippen molar-refractivity contribution in [2.75, 3.05) is 6.79 Å². The lowest BCUT2D eigenvalue weighted by Gasteiger charge is -2.13. The smallest absolute Gasteiger partial charge is 0.231 e. The summed E-state index contributed by atoms with van der Waals surface area (Å²) in [5.74, 6) is 2.53. The zero-order valence-corrected chi connectivity index (χ0v) is 13.7. The Balaban J connectivity index is 1.71. The van der Waals surface area contributed by atoms with Crippen LogP contribution in [-0.4, -0.2) is 6.79 Å². The Morgan fingerprint density at radius 1 is 0.957 bits per heavy atom. The second kappa shape index (κ2) is 7.91. The number of aryl methyl sites for hydroxylation is 1. The summed E-state index contributed by atoms with van der Waals surface area (Å²) in [5.41, 5.74) is 2.38. The Morgan fingerprint density at radius 2 is 1.74 bits per heavy atom. The van der Waals surface area contributed by atoms with E-state index in [0.29, 0.717) is 13.4 Å². The van der Waals surface area contributed by atoms with Crippen molar-refractivity contribution in [1.82, 2.24) is 0 Å². The van der Waals surface area contributed by atoms with Crippen molar-refractivity contribution in [2.24, 2.45) is 0 Å². The number of benzene rings is 2. The van der Waals surface area contributed by atoms with Crippen LogP contribution < -0.4 is 14.2 Å². The van der Waals surface area contributed by atoms with E-state index >= 15 is 0 Å². The van der Waals surface area contributed by atoms with Crippen LogP contribution in [0.1, 0.15) is 43.7 Å². The fraction of sp³-hybridized carbons (Fsp3) is 0.400. The highest BCUT2D eigenvalue weighted by atomic mass is 16.7. The van der Waals surface area contributed by atoms with Crippen molar-refractivity contribution in [2.45, 2.75) is 45.6 Å². The van der Waals surface area contributed by atoms with Gasteiger partial charge in [0.1, 0.15) is 12.4 Å². The van der Waals surface area contributed by atoms with E-state index in [1.807, 2.05) is 24.3 Å². The Morgan fingerprint density at radius 3 is 2.52 bits per heavy atom. The molecule has 1 heterocycles. The first kappa shape index (κ1) is 15.7. The average molecular weight is 312 g/mol. The number of hydrogen-bond acceptors (Lipinski definition) is 3. The molecule has 0 N–H and O–H groups in total. The molecule has 0 saturated heterocycles. The third-order valence-corrected chi connectivity index (χ3v) is 4.09. The summed E-state index contributed by atoms with van der Waals surface area (Å²) in [6.45, 7) is 3.10. The third kappa shape index (κ3) is 4.19. The molecule has 2 aromatic carbocycles. The van der Waals surface area contributed by atoms with Crippen molar-refractivity contribution in [3.8, 4) is 17.2 Å². The lowest BCUT2D eigenvalue weighted by Crippen LogP contribution is -1.99. The highest BCUT2D eigenvalue weighted by Crippen LogP contribution is 2.39. The Kier molecular flexibility index (Phi) is 5.41. The molecule has 0 radical (unpaired) electrons. The zero-order valence-electron chi connectivity index (χ0n) is 13.7. The van der Waals surface area contributed by atoms with Gasteiger partial charge in [0, 0.05) is 6.07 Å². The van der Waals surface area contributed by atoms with E-state index in [0.717, 1.165) is 23.7 Å². The fourth-order valence-corrected chi connectivity index (χ4v) is 2.77. The summed E-state index contributed by atoms with van der Waals surface area (Å²) < 4.78 is 17.1. The molecule has 1 aliphatic rings. The molecule has 1 aliphatic heterocycles. The summed E-state index contributed by atoms with van der Waals surface area (Å²) in [5, 5.41) is 0. The standard InChI is InChI=1S/C20H24O3/c1-2-3-4-8-11-17-12-19-20(23-15-22-19)13-18(17)21-14-16-9-6-5-7-10-16/h5-7,9-10,12-13H,2-4,8,11,14-15H2,1H3. The molecule has 0 spiro atoms. The van der Waals surface area contributed by atoms with Gasteiger partial charge >= 0.3 is 0 Å². The molecule has 3 rings (SSSR count). The number of rotatable bonds is 8. The molecule has 0 fully saturated rings. The van der Waals surface area contributed by atoms with E-state index in [2.05, 4.69) is 25.1 Å². The van der Waals surface area contributed by atoms with Crippen LogP contribution in [0.2, 0.25) is 0 Å². The van der Waals surface area contributed by atoms with Gasteiger partial charge in [-0.1, -0.05) is 56.5 Å². The van der Waals surface area contributed by atoms with Gasteiger partial charge in [0.15, 0.2) is 11.5 Å². The van der Waals surface area contributed by atoms with Gasteiger partial charge in [-0.05, 0) is 30.0 Å². The predicted octanol–water partition coefficient (Wildman–Crippen LogP) is 5.12. The minimum atomic E-state index is 0.298. The Bertz CT molecular complexity index is 622. The van der Waals surface area contributed by atoms with E-state index in [9.17, 15) is 0 Å². The molecule has 23 heavy (non-hydrogen) atoms. The van der Waals surface area contributed by atoms with Gasteiger partial charge in [0.05, 0.1) is 0 Å². The largest absolute Gasteiger partial charge is 0.488 e. The van der Waals surface area contributed by atoms with E-state index in [1.54, 1.807) is 0 Å². The van der Waals surface area contributed by atoms with Gasteiger partial charge in [0.2, 0.25) is 6.79 Å². The summed E-state index contributed by atoms with van der Waals surface area (Å²) >= 11 is 0. The molecule has 122 valence electrons.